The van der Waals surface area contributed by atoms with Crippen LogP contribution in [0.3, 0.4) is 0 Å². The van der Waals surface area contributed by atoms with Crippen molar-refractivity contribution in [1.82, 2.24) is 19.9 Å². The molecule has 16 heavy (non-hydrogen) atoms. The second kappa shape index (κ2) is 4.14. The number of piperidine rings is 1. The highest BCUT2D eigenvalue weighted by Gasteiger charge is 2.20. The summed E-state index contributed by atoms with van der Waals surface area (Å²) < 4.78 is 3.14. The van der Waals surface area contributed by atoms with Crippen LogP contribution in [0.1, 0.15) is 24.6 Å². The smallest absolute Gasteiger partial charge is 0.161 e. The van der Waals surface area contributed by atoms with E-state index in [2.05, 4.69) is 35.8 Å². The van der Waals surface area contributed by atoms with Crippen LogP contribution in [0.25, 0.3) is 5.65 Å². The molecule has 5 heteroatoms. The van der Waals surface area contributed by atoms with E-state index >= 15 is 0 Å². The standard InChI is InChI=1S/C11H13BrN4/c12-9-3-6-16-10(7-9)14-15-11(16)8-1-4-13-5-2-8/h3,6-8,13H,1-2,4-5H2. The van der Waals surface area contributed by atoms with Crippen molar-refractivity contribution in [2.24, 2.45) is 0 Å². The molecule has 2 aromatic heterocycles. The summed E-state index contributed by atoms with van der Waals surface area (Å²) in [5.74, 6) is 1.64. The topological polar surface area (TPSA) is 42.2 Å². The van der Waals surface area contributed by atoms with E-state index in [1.807, 2.05) is 18.3 Å². The van der Waals surface area contributed by atoms with E-state index in [1.165, 1.54) is 0 Å². The fraction of sp³-hybridized carbons (Fsp3) is 0.455. The average Bonchev–Trinajstić information content (AvgIpc) is 2.73. The van der Waals surface area contributed by atoms with Crippen LogP contribution in [-0.2, 0) is 0 Å². The zero-order valence-corrected chi connectivity index (χ0v) is 10.4. The number of hydrogen-bond donors (Lipinski definition) is 1. The van der Waals surface area contributed by atoms with Crippen LogP contribution in [0.4, 0.5) is 0 Å². The first-order chi connectivity index (χ1) is 7.84. The minimum Gasteiger partial charge on any atom is -0.317 e. The predicted octanol–water partition coefficient (Wildman–Crippen LogP) is 1.96. The van der Waals surface area contributed by atoms with Gasteiger partial charge in [-0.25, -0.2) is 0 Å². The molecule has 0 bridgehead atoms. The Morgan fingerprint density at radius 2 is 2.12 bits per heavy atom. The van der Waals surface area contributed by atoms with Gasteiger partial charge < -0.3 is 5.32 Å². The maximum atomic E-state index is 4.32. The van der Waals surface area contributed by atoms with E-state index in [1.54, 1.807) is 0 Å². The van der Waals surface area contributed by atoms with Crippen LogP contribution in [0.2, 0.25) is 0 Å². The minimum atomic E-state index is 0.539. The zero-order chi connectivity index (χ0) is 11.0. The molecule has 4 nitrogen and oxygen atoms in total. The van der Waals surface area contributed by atoms with E-state index in [-0.39, 0.29) is 0 Å². The first kappa shape index (κ1) is 10.2. The van der Waals surface area contributed by atoms with Gasteiger partial charge >= 0.3 is 0 Å². The highest BCUT2D eigenvalue weighted by molar-refractivity contribution is 9.10. The Hall–Kier alpha value is -0.940. The van der Waals surface area contributed by atoms with Crippen LogP contribution >= 0.6 is 15.9 Å². The van der Waals surface area contributed by atoms with Gasteiger partial charge in [0.05, 0.1) is 0 Å². The molecule has 0 aliphatic carbocycles. The van der Waals surface area contributed by atoms with Crippen molar-refractivity contribution in [2.75, 3.05) is 13.1 Å². The Bertz CT molecular complexity index is 502. The molecule has 0 unspecified atom stereocenters. The highest BCUT2D eigenvalue weighted by atomic mass is 79.9. The Morgan fingerprint density at radius 3 is 2.94 bits per heavy atom. The molecule has 84 valence electrons. The van der Waals surface area contributed by atoms with Gasteiger partial charge in [0, 0.05) is 16.6 Å². The molecule has 0 radical (unpaired) electrons. The SMILES string of the molecule is Brc1ccn2c(C3CCNCC3)nnc2c1. The number of nitrogens with zero attached hydrogens (tertiary/aromatic N) is 3. The van der Waals surface area contributed by atoms with Crippen molar-refractivity contribution in [3.8, 4) is 0 Å². The molecule has 0 amide bonds. The lowest BCUT2D eigenvalue weighted by molar-refractivity contribution is 0.442. The second-order valence-electron chi connectivity index (χ2n) is 4.16. The molecule has 1 saturated heterocycles. The van der Waals surface area contributed by atoms with Crippen molar-refractivity contribution in [3.05, 3.63) is 28.6 Å². The van der Waals surface area contributed by atoms with Gasteiger partial charge in [-0.15, -0.1) is 10.2 Å². The third-order valence-electron chi connectivity index (χ3n) is 3.10. The fourth-order valence-corrected chi connectivity index (χ4v) is 2.57. The molecule has 0 aromatic carbocycles. The van der Waals surface area contributed by atoms with Crippen LogP contribution in [0, 0.1) is 0 Å². The number of fused-ring (bicyclic) bond motifs is 1. The molecular formula is C11H13BrN4. The van der Waals surface area contributed by atoms with E-state index < -0.39 is 0 Å². The molecule has 3 heterocycles. The summed E-state index contributed by atoms with van der Waals surface area (Å²) in [6, 6.07) is 4.03. The summed E-state index contributed by atoms with van der Waals surface area (Å²) in [6.45, 7) is 2.16. The Morgan fingerprint density at radius 1 is 1.31 bits per heavy atom. The molecule has 0 spiro atoms. The van der Waals surface area contributed by atoms with Crippen molar-refractivity contribution in [3.63, 3.8) is 0 Å². The van der Waals surface area contributed by atoms with Crippen LogP contribution < -0.4 is 5.32 Å². The van der Waals surface area contributed by atoms with Gasteiger partial charge in [0.25, 0.3) is 0 Å². The van der Waals surface area contributed by atoms with Crippen LogP contribution in [0.5, 0.6) is 0 Å². The Balaban J connectivity index is 2.03. The number of nitrogens with one attached hydrogen (secondary N) is 1. The fourth-order valence-electron chi connectivity index (χ4n) is 2.24. The van der Waals surface area contributed by atoms with Gasteiger partial charge in [0.1, 0.15) is 5.82 Å². The molecule has 2 aromatic rings. The highest BCUT2D eigenvalue weighted by Crippen LogP contribution is 2.24. The Kier molecular flexibility index (Phi) is 2.65. The maximum Gasteiger partial charge on any atom is 0.161 e. The second-order valence-corrected chi connectivity index (χ2v) is 5.07. The van der Waals surface area contributed by atoms with Crippen LogP contribution in [-0.4, -0.2) is 27.7 Å². The van der Waals surface area contributed by atoms with Gasteiger partial charge in [0.2, 0.25) is 0 Å². The normalized spacial score (nSPS) is 18.1. The third kappa shape index (κ3) is 1.74. The molecule has 1 aliphatic heterocycles. The van der Waals surface area contributed by atoms with Gasteiger partial charge in [-0.05, 0) is 38.1 Å². The number of rotatable bonds is 1. The Labute approximate surface area is 102 Å². The first-order valence-corrected chi connectivity index (χ1v) is 6.35. The van der Waals surface area contributed by atoms with E-state index in [0.29, 0.717) is 5.92 Å². The summed E-state index contributed by atoms with van der Waals surface area (Å²) in [5, 5.41) is 11.9. The molecule has 1 fully saturated rings. The summed E-state index contributed by atoms with van der Waals surface area (Å²) in [4.78, 5) is 0. The van der Waals surface area contributed by atoms with E-state index in [9.17, 15) is 0 Å². The summed E-state index contributed by atoms with van der Waals surface area (Å²) >= 11 is 3.45. The molecule has 0 atom stereocenters. The molecule has 1 N–H and O–H groups in total. The lowest BCUT2D eigenvalue weighted by atomic mass is 9.97. The monoisotopic (exact) mass is 280 g/mol. The van der Waals surface area contributed by atoms with E-state index in [0.717, 1.165) is 41.9 Å². The van der Waals surface area contributed by atoms with Crippen molar-refractivity contribution in [2.45, 2.75) is 18.8 Å². The lowest BCUT2D eigenvalue weighted by Gasteiger charge is -2.20. The van der Waals surface area contributed by atoms with Crippen molar-refractivity contribution < 1.29 is 0 Å². The molecular weight excluding hydrogens is 268 g/mol. The molecule has 3 rings (SSSR count). The third-order valence-corrected chi connectivity index (χ3v) is 3.60. The average molecular weight is 281 g/mol. The minimum absolute atomic E-state index is 0.539. The van der Waals surface area contributed by atoms with Crippen molar-refractivity contribution in [1.29, 1.82) is 0 Å². The van der Waals surface area contributed by atoms with Gasteiger partial charge in [-0.1, -0.05) is 15.9 Å². The number of pyridine rings is 1. The number of aromatic nitrogens is 3. The van der Waals surface area contributed by atoms with Crippen LogP contribution in [0.15, 0.2) is 22.8 Å². The van der Waals surface area contributed by atoms with Crippen molar-refractivity contribution >= 4 is 21.6 Å². The lowest BCUT2D eigenvalue weighted by Crippen LogP contribution is -2.27. The van der Waals surface area contributed by atoms with Gasteiger partial charge in [-0.2, -0.15) is 0 Å². The number of hydrogen-bond acceptors (Lipinski definition) is 3. The zero-order valence-electron chi connectivity index (χ0n) is 8.86. The molecule has 0 saturated carbocycles. The summed E-state index contributed by atoms with van der Waals surface area (Å²) in [7, 11) is 0. The van der Waals surface area contributed by atoms with Gasteiger partial charge in [0.15, 0.2) is 5.65 Å². The van der Waals surface area contributed by atoms with Gasteiger partial charge in [-0.3, -0.25) is 4.40 Å². The first-order valence-electron chi connectivity index (χ1n) is 5.55. The summed E-state index contributed by atoms with van der Waals surface area (Å²) in [5.41, 5.74) is 0.919. The molecule has 1 aliphatic rings. The van der Waals surface area contributed by atoms with E-state index in [4.69, 9.17) is 0 Å². The largest absolute Gasteiger partial charge is 0.317 e. The quantitative estimate of drug-likeness (QED) is 0.869. The predicted molar refractivity (Wildman–Crippen MR) is 65.5 cm³/mol. The maximum absolute atomic E-state index is 4.32. The summed E-state index contributed by atoms with van der Waals surface area (Å²) in [6.07, 6.45) is 4.34. The number of halogens is 1.